The average Bonchev–Trinajstić information content (AvgIpc) is 2.55. The Hall–Kier alpha value is -2.57. The van der Waals surface area contributed by atoms with Gasteiger partial charge in [0.25, 0.3) is 0 Å². The van der Waals surface area contributed by atoms with Gasteiger partial charge in [0.1, 0.15) is 11.6 Å². The Balaban J connectivity index is 2.16. The van der Waals surface area contributed by atoms with Gasteiger partial charge in [0.15, 0.2) is 6.04 Å². The average molecular weight is 348 g/mol. The fourth-order valence-electron chi connectivity index (χ4n) is 2.78. The van der Waals surface area contributed by atoms with Gasteiger partial charge in [0.05, 0.1) is 13.2 Å². The summed E-state index contributed by atoms with van der Waals surface area (Å²) in [5, 5.41) is 2.47. The van der Waals surface area contributed by atoms with Crippen LogP contribution in [0, 0.1) is 0 Å². The van der Waals surface area contributed by atoms with E-state index in [4.69, 9.17) is 9.47 Å². The number of nitrogens with one attached hydrogen (secondary N) is 1. The maximum Gasteiger partial charge on any atom is 0.408 e. The van der Waals surface area contributed by atoms with E-state index in [1.54, 1.807) is 20.8 Å². The topological polar surface area (TPSA) is 84.9 Å². The van der Waals surface area contributed by atoms with Gasteiger partial charge in [-0.2, -0.15) is 0 Å². The molecule has 7 heteroatoms. The lowest BCUT2D eigenvalue weighted by molar-refractivity contribution is -0.171. The molecule has 1 aliphatic rings. The van der Waals surface area contributed by atoms with E-state index >= 15 is 0 Å². The van der Waals surface area contributed by atoms with Crippen molar-refractivity contribution >= 4 is 18.0 Å². The van der Waals surface area contributed by atoms with E-state index in [-0.39, 0.29) is 11.9 Å². The number of hydrogen-bond donors (Lipinski definition) is 1. The van der Waals surface area contributed by atoms with Gasteiger partial charge in [-0.3, -0.25) is 4.79 Å². The lowest BCUT2D eigenvalue weighted by Gasteiger charge is -2.48. The number of methoxy groups -OCH3 is 1. The number of hydrogen-bond acceptors (Lipinski definition) is 5. The predicted molar refractivity (Wildman–Crippen MR) is 90.7 cm³/mol. The van der Waals surface area contributed by atoms with Gasteiger partial charge >= 0.3 is 12.1 Å². The summed E-state index contributed by atoms with van der Waals surface area (Å²) in [6.45, 7) is 6.98. The molecule has 1 aromatic carbocycles. The highest BCUT2D eigenvalue weighted by atomic mass is 16.6. The number of likely N-dealkylation sites (tertiary alicyclic amines) is 1. The lowest BCUT2D eigenvalue weighted by Crippen LogP contribution is -2.73. The molecule has 0 radical (unpaired) electrons. The van der Waals surface area contributed by atoms with E-state index in [2.05, 4.69) is 5.32 Å². The molecule has 0 aliphatic carbocycles. The minimum absolute atomic E-state index is 0.325. The molecule has 1 heterocycles. The van der Waals surface area contributed by atoms with Crippen molar-refractivity contribution in [2.75, 3.05) is 7.11 Å². The van der Waals surface area contributed by atoms with Crippen LogP contribution in [0.5, 0.6) is 0 Å². The predicted octanol–water partition coefficient (Wildman–Crippen LogP) is 2.02. The number of carbonyl (C=O) groups excluding carboxylic acids is 3. The summed E-state index contributed by atoms with van der Waals surface area (Å²) >= 11 is 0. The Morgan fingerprint density at radius 2 is 1.80 bits per heavy atom. The number of β-lactam (4-membered cyclic amide) rings is 1. The number of ether oxygens (including phenoxy) is 2. The molecule has 1 fully saturated rings. The summed E-state index contributed by atoms with van der Waals surface area (Å²) in [6, 6.07) is 7.14. The molecule has 1 aliphatic heterocycles. The molecule has 0 unspecified atom stereocenters. The van der Waals surface area contributed by atoms with Crippen molar-refractivity contribution in [3.05, 3.63) is 35.9 Å². The Labute approximate surface area is 147 Å². The van der Waals surface area contributed by atoms with Crippen molar-refractivity contribution in [3.8, 4) is 0 Å². The fraction of sp³-hybridized carbons (Fsp3) is 0.500. The molecule has 0 spiro atoms. The Kier molecular flexibility index (Phi) is 5.35. The number of amides is 2. The summed E-state index contributed by atoms with van der Waals surface area (Å²) in [5.74, 6) is -0.930. The number of nitrogens with zero attached hydrogens (tertiary/aromatic N) is 1. The Bertz CT molecular complexity index is 653. The van der Waals surface area contributed by atoms with E-state index in [9.17, 15) is 14.4 Å². The van der Waals surface area contributed by atoms with Crippen LogP contribution in [-0.4, -0.2) is 47.7 Å². The lowest BCUT2D eigenvalue weighted by atomic mass is 9.90. The molecule has 7 nitrogen and oxygen atoms in total. The maximum atomic E-state index is 12.6. The van der Waals surface area contributed by atoms with E-state index in [0.717, 1.165) is 5.56 Å². The fourth-order valence-corrected chi connectivity index (χ4v) is 2.78. The smallest absolute Gasteiger partial charge is 0.408 e. The third-order valence-electron chi connectivity index (χ3n) is 3.95. The highest BCUT2D eigenvalue weighted by molar-refractivity contribution is 6.01. The van der Waals surface area contributed by atoms with Gasteiger partial charge in [-0.25, -0.2) is 9.59 Å². The van der Waals surface area contributed by atoms with Crippen molar-refractivity contribution in [3.63, 3.8) is 0 Å². The van der Waals surface area contributed by atoms with Crippen LogP contribution in [-0.2, 0) is 19.1 Å². The van der Waals surface area contributed by atoms with Crippen molar-refractivity contribution in [2.24, 2.45) is 0 Å². The second-order valence-electron chi connectivity index (χ2n) is 6.92. The number of benzene rings is 1. The van der Waals surface area contributed by atoms with Crippen LogP contribution >= 0.6 is 0 Å². The van der Waals surface area contributed by atoms with Gasteiger partial charge in [-0.05, 0) is 33.3 Å². The molecular formula is C18H24N2O5. The largest absolute Gasteiger partial charge is 0.467 e. The highest BCUT2D eigenvalue weighted by Gasteiger charge is 2.55. The van der Waals surface area contributed by atoms with Crippen LogP contribution in [0.2, 0.25) is 0 Å². The highest BCUT2D eigenvalue weighted by Crippen LogP contribution is 2.32. The molecule has 25 heavy (non-hydrogen) atoms. The van der Waals surface area contributed by atoms with Gasteiger partial charge in [-0.15, -0.1) is 0 Å². The minimum atomic E-state index is -0.992. The van der Waals surface area contributed by atoms with Crippen LogP contribution in [0.1, 0.15) is 39.3 Å². The molecular weight excluding hydrogens is 324 g/mol. The first-order chi connectivity index (χ1) is 11.7. The summed E-state index contributed by atoms with van der Waals surface area (Å²) in [5.41, 5.74) is 0.190. The molecule has 0 bridgehead atoms. The third-order valence-corrected chi connectivity index (χ3v) is 3.95. The van der Waals surface area contributed by atoms with Gasteiger partial charge in [-0.1, -0.05) is 30.3 Å². The molecule has 1 N–H and O–H groups in total. The van der Waals surface area contributed by atoms with Gasteiger partial charge < -0.3 is 19.7 Å². The first-order valence-electron chi connectivity index (χ1n) is 8.10. The number of esters is 1. The normalized spacial score (nSPS) is 21.2. The zero-order valence-electron chi connectivity index (χ0n) is 15.1. The van der Waals surface area contributed by atoms with Crippen molar-refractivity contribution in [1.29, 1.82) is 0 Å². The van der Waals surface area contributed by atoms with Crippen molar-refractivity contribution in [2.45, 2.75) is 51.4 Å². The molecule has 2 amide bonds. The first-order valence-corrected chi connectivity index (χ1v) is 8.10. The molecule has 3 atom stereocenters. The SMILES string of the molecule is COC(=O)[C@H]1[C@H](NC(=O)OC(C)(C)C)C(=O)N1[C@@H](C)c1ccccc1. The van der Waals surface area contributed by atoms with Gasteiger partial charge in [0.2, 0.25) is 5.91 Å². The quantitative estimate of drug-likeness (QED) is 0.665. The van der Waals surface area contributed by atoms with Crippen LogP contribution in [0.25, 0.3) is 0 Å². The van der Waals surface area contributed by atoms with Crippen LogP contribution in [0.15, 0.2) is 30.3 Å². The summed E-state index contributed by atoms with van der Waals surface area (Å²) < 4.78 is 9.97. The van der Waals surface area contributed by atoms with E-state index < -0.39 is 29.7 Å². The monoisotopic (exact) mass is 348 g/mol. The van der Waals surface area contributed by atoms with Crippen molar-refractivity contribution < 1.29 is 23.9 Å². The second kappa shape index (κ2) is 7.13. The molecule has 0 aromatic heterocycles. The minimum Gasteiger partial charge on any atom is -0.467 e. The number of alkyl carbamates (subject to hydrolysis) is 1. The number of carbonyl (C=O) groups is 3. The summed E-state index contributed by atoms with van der Waals surface area (Å²) in [7, 11) is 1.25. The first kappa shape index (κ1) is 18.8. The molecule has 0 saturated carbocycles. The van der Waals surface area contributed by atoms with E-state index in [0.29, 0.717) is 0 Å². The Morgan fingerprint density at radius 3 is 2.32 bits per heavy atom. The zero-order chi connectivity index (χ0) is 18.8. The number of rotatable bonds is 4. The molecule has 136 valence electrons. The standard InChI is InChI=1S/C18H24N2O5/c1-11(12-9-7-6-8-10-12)20-14(16(22)24-5)13(15(20)21)19-17(23)25-18(2,3)4/h6-11,13-14H,1-5H3,(H,19,23)/t11-,13-,14+/m0/s1. The summed E-state index contributed by atoms with van der Waals surface area (Å²) in [4.78, 5) is 38.1. The van der Waals surface area contributed by atoms with E-state index in [1.165, 1.54) is 12.0 Å². The zero-order valence-corrected chi connectivity index (χ0v) is 15.1. The maximum absolute atomic E-state index is 12.6. The van der Waals surface area contributed by atoms with Crippen LogP contribution < -0.4 is 5.32 Å². The molecule has 2 rings (SSSR count). The summed E-state index contributed by atoms with van der Waals surface area (Å²) in [6.07, 6.45) is -0.744. The van der Waals surface area contributed by atoms with Crippen molar-refractivity contribution in [1.82, 2.24) is 10.2 Å². The van der Waals surface area contributed by atoms with E-state index in [1.807, 2.05) is 37.3 Å². The molecule has 1 aromatic rings. The van der Waals surface area contributed by atoms with Crippen LogP contribution in [0.4, 0.5) is 4.79 Å². The molecule has 1 saturated heterocycles. The third kappa shape index (κ3) is 4.10. The Morgan fingerprint density at radius 1 is 1.20 bits per heavy atom. The van der Waals surface area contributed by atoms with Crippen LogP contribution in [0.3, 0.4) is 0 Å². The van der Waals surface area contributed by atoms with Gasteiger partial charge in [0, 0.05) is 0 Å². The second-order valence-corrected chi connectivity index (χ2v) is 6.92.